The highest BCUT2D eigenvalue weighted by Gasteiger charge is 2.18. The minimum Gasteiger partial charge on any atom is -0.338 e. The zero-order valence-corrected chi connectivity index (χ0v) is 8.69. The highest BCUT2D eigenvalue weighted by molar-refractivity contribution is 4.92. The van der Waals surface area contributed by atoms with Crippen LogP contribution in [0.5, 0.6) is 0 Å². The van der Waals surface area contributed by atoms with Gasteiger partial charge in [-0.15, -0.1) is 0 Å². The number of aromatic nitrogens is 2. The second-order valence-corrected chi connectivity index (χ2v) is 4.05. The van der Waals surface area contributed by atoms with Gasteiger partial charge in [-0.1, -0.05) is 0 Å². The maximum absolute atomic E-state index is 5.84. The second-order valence-electron chi connectivity index (χ2n) is 4.05. The molecule has 1 aromatic heterocycles. The van der Waals surface area contributed by atoms with Crippen molar-refractivity contribution < 1.29 is 0 Å². The van der Waals surface area contributed by atoms with Crippen LogP contribution in [0, 0.1) is 0 Å². The van der Waals surface area contributed by atoms with Crippen LogP contribution < -0.4 is 5.73 Å². The Morgan fingerprint density at radius 2 is 2.50 bits per heavy atom. The van der Waals surface area contributed by atoms with E-state index in [0.29, 0.717) is 6.04 Å². The summed E-state index contributed by atoms with van der Waals surface area (Å²) in [5, 5.41) is 0. The van der Waals surface area contributed by atoms with E-state index in [-0.39, 0.29) is 0 Å². The molecule has 1 fully saturated rings. The minimum atomic E-state index is 0.386. The number of nitrogens with two attached hydrogens (primary N) is 1. The molecule has 1 saturated heterocycles. The fraction of sp³-hybridized carbons (Fsp3) is 0.700. The van der Waals surface area contributed by atoms with Crippen molar-refractivity contribution in [2.75, 3.05) is 19.6 Å². The average Bonchev–Trinajstić information content (AvgIpc) is 2.72. The second kappa shape index (κ2) is 4.11. The molecule has 0 aromatic carbocycles. The van der Waals surface area contributed by atoms with Crippen LogP contribution in [0.2, 0.25) is 0 Å². The number of rotatable bonds is 3. The molecule has 2 rings (SSSR count). The summed E-state index contributed by atoms with van der Waals surface area (Å²) in [7, 11) is 2.04. The predicted molar refractivity (Wildman–Crippen MR) is 55.9 cm³/mol. The van der Waals surface area contributed by atoms with Gasteiger partial charge in [0.2, 0.25) is 0 Å². The van der Waals surface area contributed by atoms with Gasteiger partial charge in [0, 0.05) is 45.0 Å². The molecular formula is C10H18N4. The monoisotopic (exact) mass is 194 g/mol. The molecule has 0 amide bonds. The lowest BCUT2D eigenvalue weighted by Crippen LogP contribution is -2.28. The summed E-state index contributed by atoms with van der Waals surface area (Å²) >= 11 is 0. The number of likely N-dealkylation sites (tertiary alicyclic amines) is 1. The molecule has 0 bridgehead atoms. The van der Waals surface area contributed by atoms with Crippen molar-refractivity contribution in [3.05, 3.63) is 18.2 Å². The smallest absolute Gasteiger partial charge is 0.109 e. The molecule has 4 heteroatoms. The molecule has 78 valence electrons. The third kappa shape index (κ3) is 2.13. The van der Waals surface area contributed by atoms with E-state index in [9.17, 15) is 0 Å². The van der Waals surface area contributed by atoms with Gasteiger partial charge in [-0.25, -0.2) is 4.98 Å². The molecule has 0 spiro atoms. The summed E-state index contributed by atoms with van der Waals surface area (Å²) in [6.45, 7) is 3.27. The summed E-state index contributed by atoms with van der Waals surface area (Å²) in [6.07, 6.45) is 6.01. The number of hydrogen-bond donors (Lipinski definition) is 1. The zero-order valence-electron chi connectivity index (χ0n) is 8.69. The highest BCUT2D eigenvalue weighted by atomic mass is 15.2. The van der Waals surface area contributed by atoms with Crippen molar-refractivity contribution in [2.45, 2.75) is 18.9 Å². The fourth-order valence-electron chi connectivity index (χ4n) is 1.96. The molecule has 0 radical (unpaired) electrons. The first-order valence-electron chi connectivity index (χ1n) is 5.20. The average molecular weight is 194 g/mol. The number of nitrogens with zero attached hydrogens (tertiary/aromatic N) is 3. The van der Waals surface area contributed by atoms with Crippen LogP contribution in [-0.4, -0.2) is 40.1 Å². The summed E-state index contributed by atoms with van der Waals surface area (Å²) in [5.41, 5.74) is 5.84. The maximum atomic E-state index is 5.84. The van der Waals surface area contributed by atoms with E-state index >= 15 is 0 Å². The third-order valence-electron chi connectivity index (χ3n) is 2.88. The van der Waals surface area contributed by atoms with E-state index in [1.807, 2.05) is 19.4 Å². The lowest BCUT2D eigenvalue weighted by atomic mass is 10.3. The SMILES string of the molecule is Cn1ccnc1CCN1CCC(N)C1. The molecule has 2 N–H and O–H groups in total. The Kier molecular flexibility index (Phi) is 2.84. The molecule has 2 heterocycles. The van der Waals surface area contributed by atoms with Crippen molar-refractivity contribution in [1.29, 1.82) is 0 Å². The van der Waals surface area contributed by atoms with Gasteiger partial charge in [0.15, 0.2) is 0 Å². The Balaban J connectivity index is 1.80. The normalized spacial score (nSPS) is 23.1. The number of imidazole rings is 1. The Bertz CT molecular complexity index is 294. The minimum absolute atomic E-state index is 0.386. The first-order chi connectivity index (χ1) is 6.75. The lowest BCUT2D eigenvalue weighted by molar-refractivity contribution is 0.335. The molecule has 1 unspecified atom stereocenters. The molecule has 1 aliphatic heterocycles. The van der Waals surface area contributed by atoms with Crippen molar-refractivity contribution >= 4 is 0 Å². The quantitative estimate of drug-likeness (QED) is 0.736. The van der Waals surface area contributed by atoms with Crippen LogP contribution in [0.4, 0.5) is 0 Å². The van der Waals surface area contributed by atoms with Crippen molar-refractivity contribution in [3.63, 3.8) is 0 Å². The first kappa shape index (κ1) is 9.68. The van der Waals surface area contributed by atoms with Gasteiger partial charge < -0.3 is 15.2 Å². The largest absolute Gasteiger partial charge is 0.338 e. The van der Waals surface area contributed by atoms with Crippen LogP contribution in [0.15, 0.2) is 12.4 Å². The number of hydrogen-bond acceptors (Lipinski definition) is 3. The molecular weight excluding hydrogens is 176 g/mol. The molecule has 0 aliphatic carbocycles. The van der Waals surface area contributed by atoms with Crippen LogP contribution in [0.3, 0.4) is 0 Å². The standard InChI is InChI=1S/C10H18N4/c1-13-7-4-12-10(13)3-6-14-5-2-9(11)8-14/h4,7,9H,2-3,5-6,8,11H2,1H3. The van der Waals surface area contributed by atoms with Gasteiger partial charge in [-0.3, -0.25) is 0 Å². The van der Waals surface area contributed by atoms with Gasteiger partial charge in [-0.2, -0.15) is 0 Å². The van der Waals surface area contributed by atoms with Gasteiger partial charge >= 0.3 is 0 Å². The van der Waals surface area contributed by atoms with E-state index in [1.165, 1.54) is 0 Å². The van der Waals surface area contributed by atoms with E-state index in [2.05, 4.69) is 14.5 Å². The van der Waals surface area contributed by atoms with E-state index in [0.717, 1.165) is 38.3 Å². The summed E-state index contributed by atoms with van der Waals surface area (Å²) in [4.78, 5) is 6.72. The lowest BCUT2D eigenvalue weighted by Gasteiger charge is -2.14. The Hall–Kier alpha value is -0.870. The summed E-state index contributed by atoms with van der Waals surface area (Å²) in [5.74, 6) is 1.16. The Morgan fingerprint density at radius 1 is 1.64 bits per heavy atom. The molecule has 1 aliphatic rings. The Morgan fingerprint density at radius 3 is 3.07 bits per heavy atom. The first-order valence-corrected chi connectivity index (χ1v) is 5.20. The van der Waals surface area contributed by atoms with Crippen LogP contribution in [0.1, 0.15) is 12.2 Å². The molecule has 1 aromatic rings. The van der Waals surface area contributed by atoms with Crippen LogP contribution in [0.25, 0.3) is 0 Å². The molecule has 14 heavy (non-hydrogen) atoms. The van der Waals surface area contributed by atoms with E-state index in [4.69, 9.17) is 5.73 Å². The molecule has 0 saturated carbocycles. The van der Waals surface area contributed by atoms with Gasteiger partial charge in [0.05, 0.1) is 0 Å². The molecule has 4 nitrogen and oxygen atoms in total. The zero-order chi connectivity index (χ0) is 9.97. The summed E-state index contributed by atoms with van der Waals surface area (Å²) < 4.78 is 2.08. The van der Waals surface area contributed by atoms with Crippen LogP contribution >= 0.6 is 0 Å². The van der Waals surface area contributed by atoms with Gasteiger partial charge in [-0.05, 0) is 13.0 Å². The molecule has 1 atom stereocenters. The highest BCUT2D eigenvalue weighted by Crippen LogP contribution is 2.07. The van der Waals surface area contributed by atoms with Crippen LogP contribution in [-0.2, 0) is 13.5 Å². The summed E-state index contributed by atoms with van der Waals surface area (Å²) in [6, 6.07) is 0.386. The fourth-order valence-corrected chi connectivity index (χ4v) is 1.96. The van der Waals surface area contributed by atoms with E-state index in [1.54, 1.807) is 0 Å². The van der Waals surface area contributed by atoms with Gasteiger partial charge in [0.1, 0.15) is 5.82 Å². The topological polar surface area (TPSA) is 47.1 Å². The third-order valence-corrected chi connectivity index (χ3v) is 2.88. The van der Waals surface area contributed by atoms with Crippen molar-refractivity contribution in [2.24, 2.45) is 12.8 Å². The maximum Gasteiger partial charge on any atom is 0.109 e. The van der Waals surface area contributed by atoms with Gasteiger partial charge in [0.25, 0.3) is 0 Å². The Labute approximate surface area is 84.7 Å². The van der Waals surface area contributed by atoms with Crippen molar-refractivity contribution in [1.82, 2.24) is 14.5 Å². The van der Waals surface area contributed by atoms with Crippen molar-refractivity contribution in [3.8, 4) is 0 Å². The number of aryl methyl sites for hydroxylation is 1. The van der Waals surface area contributed by atoms with E-state index < -0.39 is 0 Å². The predicted octanol–water partition coefficient (Wildman–Crippen LogP) is -0.00440.